The molecule has 0 aromatic heterocycles. The zero-order valence-electron chi connectivity index (χ0n) is 23.6. The lowest BCUT2D eigenvalue weighted by molar-refractivity contribution is -0.393. The summed E-state index contributed by atoms with van der Waals surface area (Å²) < 4.78 is 10.7. The van der Waals surface area contributed by atoms with E-state index in [4.69, 9.17) is 9.47 Å². The summed E-state index contributed by atoms with van der Waals surface area (Å²) in [5, 5.41) is 39.8. The van der Waals surface area contributed by atoms with Crippen molar-refractivity contribution in [1.29, 1.82) is 0 Å². The van der Waals surface area contributed by atoms with E-state index >= 15 is 0 Å². The minimum Gasteiger partial charge on any atom is -0.463 e. The maximum Gasteiger partial charge on any atom is 0.305 e. The molecule has 1 atom stereocenters. The quantitative estimate of drug-likeness (QED) is 0.0563. The number of likely N-dealkylation sites (N-methyl/N-ethyl adjacent to an activating group) is 1. The highest BCUT2D eigenvalue weighted by molar-refractivity contribution is 6.23. The van der Waals surface area contributed by atoms with Crippen LogP contribution < -0.4 is 4.90 Å². The lowest BCUT2D eigenvalue weighted by Gasteiger charge is -2.19. The number of carbonyl (C=O) groups excluding carboxylic acids is 1. The predicted molar refractivity (Wildman–Crippen MR) is 164 cm³/mol. The van der Waals surface area contributed by atoms with Crippen molar-refractivity contribution in [3.8, 4) is 0 Å². The number of rotatable bonds is 14. The predicted octanol–water partition coefficient (Wildman–Crippen LogP) is 5.78. The van der Waals surface area contributed by atoms with Crippen LogP contribution in [-0.2, 0) is 20.7 Å². The van der Waals surface area contributed by atoms with E-state index in [0.29, 0.717) is 6.42 Å². The first-order valence-corrected chi connectivity index (χ1v) is 13.9. The first kappa shape index (κ1) is 29.6. The average Bonchev–Trinajstić information content (AvgIpc) is 3.01. The molecule has 11 nitrogen and oxygen atoms in total. The third-order valence-corrected chi connectivity index (χ3v) is 7.54. The Morgan fingerprint density at radius 3 is 2.33 bits per heavy atom. The second-order valence-electron chi connectivity index (χ2n) is 10.5. The topological polar surface area (TPSA) is 145 Å². The third kappa shape index (κ3) is 6.63. The van der Waals surface area contributed by atoms with Crippen molar-refractivity contribution in [2.75, 3.05) is 38.3 Å². The van der Waals surface area contributed by atoms with E-state index < -0.39 is 21.9 Å². The number of anilines is 1. The molecular weight excluding hydrogens is 554 g/mol. The van der Waals surface area contributed by atoms with Crippen molar-refractivity contribution >= 4 is 55.3 Å². The molecule has 0 radical (unpaired) electrons. The van der Waals surface area contributed by atoms with Crippen molar-refractivity contribution < 1.29 is 29.2 Å². The lowest BCUT2D eigenvalue weighted by Crippen LogP contribution is -2.27. The van der Waals surface area contributed by atoms with Crippen LogP contribution in [0.15, 0.2) is 72.8 Å². The van der Waals surface area contributed by atoms with Crippen LogP contribution in [0.2, 0.25) is 0 Å². The number of non-ortho nitro benzene ring substituents is 1. The maximum atomic E-state index is 12.3. The Balaban J connectivity index is 1.05. The van der Waals surface area contributed by atoms with Gasteiger partial charge in [-0.3, -0.25) is 25.0 Å². The molecular formula is C32H31N3O8. The molecule has 0 heterocycles. The first-order chi connectivity index (χ1) is 20.7. The Kier molecular flexibility index (Phi) is 8.93. The molecule has 5 rings (SSSR count). The fourth-order valence-corrected chi connectivity index (χ4v) is 5.38. The van der Waals surface area contributed by atoms with Gasteiger partial charge >= 0.3 is 5.97 Å². The van der Waals surface area contributed by atoms with Crippen molar-refractivity contribution in [3.05, 3.63) is 98.6 Å². The third-order valence-electron chi connectivity index (χ3n) is 7.54. The SMILES string of the molecule is CN(CCOCC(O)COC(=O)CCCc1ccc2ccc3cccc4ccc1c2c34)c1ccc([N+](=O)[O-])cc1[N+](=O)[O-]. The van der Waals surface area contributed by atoms with E-state index in [1.165, 1.54) is 54.9 Å². The van der Waals surface area contributed by atoms with Crippen LogP contribution in [0.4, 0.5) is 17.1 Å². The van der Waals surface area contributed by atoms with Crippen molar-refractivity contribution in [2.45, 2.75) is 25.4 Å². The van der Waals surface area contributed by atoms with Crippen LogP contribution in [0, 0.1) is 20.2 Å². The molecule has 0 spiro atoms. The molecule has 0 amide bonds. The van der Waals surface area contributed by atoms with Gasteiger partial charge in [0, 0.05) is 26.1 Å². The van der Waals surface area contributed by atoms with Gasteiger partial charge in [0.25, 0.3) is 11.4 Å². The molecule has 43 heavy (non-hydrogen) atoms. The number of nitrogens with zero attached hydrogens (tertiary/aromatic N) is 3. The van der Waals surface area contributed by atoms with E-state index in [-0.39, 0.29) is 49.8 Å². The van der Waals surface area contributed by atoms with Crippen LogP contribution >= 0.6 is 0 Å². The number of benzene rings is 5. The van der Waals surface area contributed by atoms with Gasteiger partial charge < -0.3 is 19.5 Å². The minimum atomic E-state index is -1.03. The summed E-state index contributed by atoms with van der Waals surface area (Å²) in [6.45, 7) is 0.0522. The maximum absolute atomic E-state index is 12.3. The average molecular weight is 586 g/mol. The van der Waals surface area contributed by atoms with Crippen LogP contribution in [0.3, 0.4) is 0 Å². The normalized spacial score (nSPS) is 12.1. The number of hydrogen-bond acceptors (Lipinski definition) is 9. The van der Waals surface area contributed by atoms with Gasteiger partial charge in [0.05, 0.1) is 29.1 Å². The smallest absolute Gasteiger partial charge is 0.305 e. The summed E-state index contributed by atoms with van der Waals surface area (Å²) >= 11 is 0. The highest BCUT2D eigenvalue weighted by Gasteiger charge is 2.22. The number of ether oxygens (including phenoxy) is 2. The molecule has 0 aliphatic heterocycles. The lowest BCUT2D eigenvalue weighted by atomic mass is 9.90. The van der Waals surface area contributed by atoms with E-state index in [0.717, 1.165) is 12.5 Å². The van der Waals surface area contributed by atoms with Crippen LogP contribution in [0.25, 0.3) is 32.3 Å². The van der Waals surface area contributed by atoms with E-state index in [9.17, 15) is 30.1 Å². The minimum absolute atomic E-state index is 0.0911. The van der Waals surface area contributed by atoms with E-state index in [2.05, 4.69) is 54.6 Å². The summed E-state index contributed by atoms with van der Waals surface area (Å²) in [7, 11) is 1.60. The van der Waals surface area contributed by atoms with Crippen molar-refractivity contribution in [1.82, 2.24) is 0 Å². The molecule has 1 N–H and O–H groups in total. The molecule has 5 aromatic carbocycles. The van der Waals surface area contributed by atoms with Crippen molar-refractivity contribution in [3.63, 3.8) is 0 Å². The summed E-state index contributed by atoms with van der Waals surface area (Å²) in [6.07, 6.45) is 0.515. The molecule has 0 saturated heterocycles. The number of carbonyl (C=O) groups is 1. The molecule has 1 unspecified atom stereocenters. The number of aliphatic hydroxyl groups is 1. The molecule has 0 aliphatic carbocycles. The molecule has 222 valence electrons. The van der Waals surface area contributed by atoms with Gasteiger partial charge in [0.1, 0.15) is 18.4 Å². The molecule has 0 bridgehead atoms. The fraction of sp³-hybridized carbons (Fsp3) is 0.281. The second kappa shape index (κ2) is 13.0. The Labute approximate surface area is 246 Å². The molecule has 11 heteroatoms. The summed E-state index contributed by atoms with van der Waals surface area (Å²) in [5.74, 6) is -0.401. The Bertz CT molecular complexity index is 1770. The van der Waals surface area contributed by atoms with Crippen LogP contribution in [0.5, 0.6) is 0 Å². The second-order valence-corrected chi connectivity index (χ2v) is 10.5. The van der Waals surface area contributed by atoms with Gasteiger partial charge in [-0.2, -0.15) is 0 Å². The number of aryl methyl sites for hydroxylation is 1. The molecule has 0 saturated carbocycles. The van der Waals surface area contributed by atoms with Crippen LogP contribution in [-0.4, -0.2) is 60.4 Å². The first-order valence-electron chi connectivity index (χ1n) is 13.9. The van der Waals surface area contributed by atoms with Gasteiger partial charge in [-0.1, -0.05) is 54.6 Å². The van der Waals surface area contributed by atoms with Crippen molar-refractivity contribution in [2.24, 2.45) is 0 Å². The van der Waals surface area contributed by atoms with Gasteiger partial charge in [-0.25, -0.2) is 0 Å². The number of nitro groups is 2. The largest absolute Gasteiger partial charge is 0.463 e. The molecule has 5 aromatic rings. The van der Waals surface area contributed by atoms with Gasteiger partial charge in [0.2, 0.25) is 0 Å². The zero-order chi connectivity index (χ0) is 30.5. The summed E-state index contributed by atoms with van der Waals surface area (Å²) in [6, 6.07) is 22.6. The molecule has 0 fully saturated rings. The highest BCUT2D eigenvalue weighted by atomic mass is 16.6. The van der Waals surface area contributed by atoms with Gasteiger partial charge in [-0.05, 0) is 56.8 Å². The van der Waals surface area contributed by atoms with E-state index in [1.54, 1.807) is 7.05 Å². The Morgan fingerprint density at radius 1 is 0.907 bits per heavy atom. The molecule has 0 aliphatic rings. The number of esters is 1. The Morgan fingerprint density at radius 2 is 1.60 bits per heavy atom. The van der Waals surface area contributed by atoms with E-state index in [1.807, 2.05) is 0 Å². The Hall–Kier alpha value is -4.87. The summed E-state index contributed by atoms with van der Waals surface area (Å²) in [5.41, 5.74) is 0.625. The zero-order valence-corrected chi connectivity index (χ0v) is 23.6. The van der Waals surface area contributed by atoms with Crippen LogP contribution in [0.1, 0.15) is 18.4 Å². The van der Waals surface area contributed by atoms with Gasteiger partial charge in [0.15, 0.2) is 0 Å². The standard InChI is InChI=1S/C32H31N3O8/c1-33(28-15-13-25(34(38)39)18-29(28)35(40)41)16-17-42-19-26(36)20-43-30(37)7-3-4-21-8-9-24-11-10-22-5-2-6-23-12-14-27(21)32(24)31(22)23/h2,5-6,8-15,18,26,36H,3-4,7,16-17,19-20H2,1H3. The summed E-state index contributed by atoms with van der Waals surface area (Å²) in [4.78, 5) is 34.8. The highest BCUT2D eigenvalue weighted by Crippen LogP contribution is 2.36. The number of aliphatic hydroxyl groups excluding tert-OH is 1. The number of hydrogen-bond donors (Lipinski definition) is 1. The monoisotopic (exact) mass is 585 g/mol. The fourth-order valence-electron chi connectivity index (χ4n) is 5.38. The van der Waals surface area contributed by atoms with Gasteiger partial charge in [-0.15, -0.1) is 0 Å². The number of nitro benzene ring substituents is 2.